The van der Waals surface area contributed by atoms with E-state index in [2.05, 4.69) is 19.4 Å². The lowest BCUT2D eigenvalue weighted by molar-refractivity contribution is 0.324. The average molecular weight is 368 g/mol. The van der Waals surface area contributed by atoms with Crippen LogP contribution in [0.4, 0.5) is 10.4 Å². The summed E-state index contributed by atoms with van der Waals surface area (Å²) in [4.78, 5) is 8.48. The minimum Gasteiger partial charge on any atom is -0.422 e. The van der Waals surface area contributed by atoms with Gasteiger partial charge in [-0.05, 0) is 49.7 Å². The van der Waals surface area contributed by atoms with E-state index in [1.54, 1.807) is 6.07 Å². The Balaban J connectivity index is 1.52. The second-order valence-corrected chi connectivity index (χ2v) is 7.93. The van der Waals surface area contributed by atoms with E-state index >= 15 is 0 Å². The van der Waals surface area contributed by atoms with Crippen LogP contribution in [0.25, 0.3) is 11.1 Å². The summed E-state index contributed by atoms with van der Waals surface area (Å²) in [5.74, 6) is 0.274. The van der Waals surface area contributed by atoms with Gasteiger partial charge in [-0.3, -0.25) is 0 Å². The van der Waals surface area contributed by atoms with Gasteiger partial charge >= 0.3 is 6.01 Å². The molecule has 0 radical (unpaired) electrons. The van der Waals surface area contributed by atoms with Crippen molar-refractivity contribution in [2.24, 2.45) is 16.8 Å². The molecule has 2 aromatic rings. The Morgan fingerprint density at radius 2 is 2.12 bits per heavy atom. The van der Waals surface area contributed by atoms with Gasteiger partial charge in [-0.1, -0.05) is 0 Å². The third-order valence-corrected chi connectivity index (χ3v) is 5.54. The molecule has 0 saturated heterocycles. The second kappa shape index (κ2) is 7.59. The van der Waals surface area contributed by atoms with Crippen LogP contribution in [0.2, 0.25) is 0 Å². The maximum absolute atomic E-state index is 13.1. The maximum atomic E-state index is 13.1. The molecule has 1 aliphatic rings. The fraction of sp³-hybridized carbons (Fsp3) is 0.500. The molecule has 1 fully saturated rings. The van der Waals surface area contributed by atoms with E-state index in [1.807, 2.05) is 6.21 Å². The van der Waals surface area contributed by atoms with Gasteiger partial charge in [0.25, 0.3) is 10.2 Å². The summed E-state index contributed by atoms with van der Waals surface area (Å²) in [5.41, 5.74) is 0.960. The smallest absolute Gasteiger partial charge is 0.322 e. The molecule has 1 saturated carbocycles. The van der Waals surface area contributed by atoms with Gasteiger partial charge in [0, 0.05) is 25.9 Å². The summed E-state index contributed by atoms with van der Waals surface area (Å²) in [6.07, 6.45) is 5.56. The minimum absolute atomic E-state index is 0.226. The lowest BCUT2D eigenvalue weighted by atomic mass is 9.83. The van der Waals surface area contributed by atoms with Crippen LogP contribution in [0.5, 0.6) is 0 Å². The highest BCUT2D eigenvalue weighted by atomic mass is 32.2. The quantitative estimate of drug-likeness (QED) is 0.766. The highest BCUT2D eigenvalue weighted by Gasteiger charge is 2.21. The fourth-order valence-corrected chi connectivity index (χ4v) is 3.55. The first-order chi connectivity index (χ1) is 11.9. The number of halogens is 1. The predicted octanol–water partition coefficient (Wildman–Crippen LogP) is 2.53. The number of fused-ring (bicyclic) bond motifs is 1. The topological polar surface area (TPSA) is 96.6 Å². The molecule has 25 heavy (non-hydrogen) atoms. The summed E-state index contributed by atoms with van der Waals surface area (Å²) >= 11 is 0. The van der Waals surface area contributed by atoms with Crippen LogP contribution in [-0.4, -0.2) is 33.2 Å². The number of nitrogens with one attached hydrogen (secondary N) is 2. The average Bonchev–Trinajstić information content (AvgIpc) is 3.01. The number of hydrogen-bond donors (Lipinski definition) is 2. The summed E-state index contributed by atoms with van der Waals surface area (Å²) in [5, 5.41) is 0. The Bertz CT molecular complexity index is 857. The van der Waals surface area contributed by atoms with E-state index < -0.39 is 10.2 Å². The van der Waals surface area contributed by atoms with Crippen LogP contribution in [0, 0.1) is 17.7 Å². The standard InChI is InChI=1S/C16H21FN4O3S/c1-18-25(22,23)20-10-12-4-2-11(3-5-12)9-19-16-21-14-7-6-13(17)8-15(14)24-16/h6-9,11-12,18,20H,2-5,10H2,1H3/b19-9+. The zero-order valence-electron chi connectivity index (χ0n) is 13.9. The number of benzene rings is 1. The largest absolute Gasteiger partial charge is 0.422 e. The van der Waals surface area contributed by atoms with Crippen molar-refractivity contribution < 1.29 is 17.2 Å². The van der Waals surface area contributed by atoms with Crippen LogP contribution in [-0.2, 0) is 10.2 Å². The lowest BCUT2D eigenvalue weighted by Gasteiger charge is -2.26. The van der Waals surface area contributed by atoms with Crippen molar-refractivity contribution in [2.75, 3.05) is 13.6 Å². The maximum Gasteiger partial charge on any atom is 0.322 e. The Kier molecular flexibility index (Phi) is 5.45. The molecule has 1 aliphatic carbocycles. The van der Waals surface area contributed by atoms with E-state index in [9.17, 15) is 12.8 Å². The molecule has 1 aromatic heterocycles. The van der Waals surface area contributed by atoms with E-state index in [0.29, 0.717) is 29.5 Å². The normalized spacial score (nSPS) is 22.0. The number of oxazole rings is 1. The van der Waals surface area contributed by atoms with Crippen molar-refractivity contribution in [2.45, 2.75) is 25.7 Å². The molecule has 0 bridgehead atoms. The molecule has 0 amide bonds. The molecule has 0 unspecified atom stereocenters. The van der Waals surface area contributed by atoms with Crippen LogP contribution in [0.1, 0.15) is 25.7 Å². The van der Waals surface area contributed by atoms with Crippen molar-refractivity contribution in [3.63, 3.8) is 0 Å². The highest BCUT2D eigenvalue weighted by molar-refractivity contribution is 7.87. The van der Waals surface area contributed by atoms with Gasteiger partial charge < -0.3 is 4.42 Å². The Morgan fingerprint density at radius 3 is 2.84 bits per heavy atom. The predicted molar refractivity (Wildman–Crippen MR) is 93.5 cm³/mol. The van der Waals surface area contributed by atoms with E-state index in [1.165, 1.54) is 19.2 Å². The van der Waals surface area contributed by atoms with E-state index in [0.717, 1.165) is 25.7 Å². The third kappa shape index (κ3) is 4.83. The van der Waals surface area contributed by atoms with Crippen molar-refractivity contribution >= 4 is 33.5 Å². The highest BCUT2D eigenvalue weighted by Crippen LogP contribution is 2.28. The van der Waals surface area contributed by atoms with Gasteiger partial charge in [0.15, 0.2) is 5.58 Å². The molecular weight excluding hydrogens is 347 g/mol. The number of rotatable bonds is 6. The molecule has 3 rings (SSSR count). The summed E-state index contributed by atoms with van der Waals surface area (Å²) in [6, 6.07) is 4.41. The molecule has 0 aliphatic heterocycles. The van der Waals surface area contributed by atoms with Gasteiger partial charge in [-0.25, -0.2) is 18.8 Å². The molecule has 9 heteroatoms. The van der Waals surface area contributed by atoms with Gasteiger partial charge in [-0.15, -0.1) is 0 Å². The van der Waals surface area contributed by atoms with Crippen molar-refractivity contribution in [1.29, 1.82) is 0 Å². The Morgan fingerprint density at radius 1 is 1.36 bits per heavy atom. The van der Waals surface area contributed by atoms with Gasteiger partial charge in [0.1, 0.15) is 11.3 Å². The Labute approximate surface area is 145 Å². The SMILES string of the molecule is CNS(=O)(=O)NCC1CCC(/C=N/c2nc3ccc(F)cc3o2)CC1. The number of hydrogen-bond acceptors (Lipinski definition) is 5. The zero-order valence-corrected chi connectivity index (χ0v) is 14.7. The van der Waals surface area contributed by atoms with Crippen molar-refractivity contribution in [3.8, 4) is 0 Å². The monoisotopic (exact) mass is 368 g/mol. The number of nitrogens with zero attached hydrogens (tertiary/aromatic N) is 2. The van der Waals surface area contributed by atoms with Crippen LogP contribution < -0.4 is 9.44 Å². The van der Waals surface area contributed by atoms with Gasteiger partial charge in [0.2, 0.25) is 0 Å². The summed E-state index contributed by atoms with van der Waals surface area (Å²) in [6.45, 7) is 0.448. The molecule has 7 nitrogen and oxygen atoms in total. The van der Waals surface area contributed by atoms with Crippen molar-refractivity contribution in [3.05, 3.63) is 24.0 Å². The zero-order chi connectivity index (χ0) is 17.9. The Hall–Kier alpha value is -1.84. The summed E-state index contributed by atoms with van der Waals surface area (Å²) < 4.78 is 46.1. The first kappa shape index (κ1) is 18.0. The lowest BCUT2D eigenvalue weighted by Crippen LogP contribution is -2.38. The van der Waals surface area contributed by atoms with E-state index in [-0.39, 0.29) is 11.8 Å². The van der Waals surface area contributed by atoms with Crippen LogP contribution in [0.15, 0.2) is 27.6 Å². The van der Waals surface area contributed by atoms with Gasteiger partial charge in [-0.2, -0.15) is 13.4 Å². The first-order valence-electron chi connectivity index (χ1n) is 8.23. The third-order valence-electron chi connectivity index (χ3n) is 4.46. The second-order valence-electron chi connectivity index (χ2n) is 6.22. The minimum atomic E-state index is -3.37. The molecule has 1 heterocycles. The van der Waals surface area contributed by atoms with E-state index in [4.69, 9.17) is 4.42 Å². The molecule has 0 spiro atoms. The van der Waals surface area contributed by atoms with Gasteiger partial charge in [0.05, 0.1) is 0 Å². The number of aliphatic imine (C=N–C) groups is 1. The molecule has 2 N–H and O–H groups in total. The summed E-state index contributed by atoms with van der Waals surface area (Å²) in [7, 11) is -1.98. The number of aromatic nitrogens is 1. The molecule has 136 valence electrons. The van der Waals surface area contributed by atoms with Crippen LogP contribution >= 0.6 is 0 Å². The first-order valence-corrected chi connectivity index (χ1v) is 9.72. The molecule has 1 aromatic carbocycles. The fourth-order valence-electron chi connectivity index (χ4n) is 2.95. The molecular formula is C16H21FN4O3S. The van der Waals surface area contributed by atoms with Crippen molar-refractivity contribution in [1.82, 2.24) is 14.4 Å². The van der Waals surface area contributed by atoms with Crippen LogP contribution in [0.3, 0.4) is 0 Å². The molecule has 0 atom stereocenters.